The van der Waals surface area contributed by atoms with Crippen molar-refractivity contribution in [2.75, 3.05) is 26.2 Å². The van der Waals surface area contributed by atoms with Gasteiger partial charge in [0.2, 0.25) is 5.91 Å². The van der Waals surface area contributed by atoms with E-state index in [1.165, 1.54) is 5.56 Å². The summed E-state index contributed by atoms with van der Waals surface area (Å²) in [6.45, 7) is 12.7. The van der Waals surface area contributed by atoms with Crippen LogP contribution >= 0.6 is 0 Å². The molecule has 1 amide bonds. The van der Waals surface area contributed by atoms with E-state index in [1.807, 2.05) is 36.1 Å². The molecule has 0 radical (unpaired) electrons. The van der Waals surface area contributed by atoms with Gasteiger partial charge in [0.15, 0.2) is 0 Å². The third-order valence-corrected chi connectivity index (χ3v) is 3.93. The van der Waals surface area contributed by atoms with E-state index in [9.17, 15) is 4.79 Å². The Morgan fingerprint density at radius 1 is 1.05 bits per heavy atom. The van der Waals surface area contributed by atoms with Gasteiger partial charge >= 0.3 is 0 Å². The van der Waals surface area contributed by atoms with E-state index in [1.54, 1.807) is 0 Å². The third kappa shape index (κ3) is 6.02. The normalized spacial score (nSPS) is 11.8. The van der Waals surface area contributed by atoms with Crippen molar-refractivity contribution in [3.05, 3.63) is 47.5 Å². The van der Waals surface area contributed by atoms with Crippen LogP contribution in [0.25, 0.3) is 0 Å². The number of hydrogen-bond acceptors (Lipinski definition) is 2. The van der Waals surface area contributed by atoms with Crippen molar-refractivity contribution in [1.82, 2.24) is 9.80 Å². The number of carbonyl (C=O) groups excluding carboxylic acids is 1. The maximum absolute atomic E-state index is 12.7. The molecule has 0 heterocycles. The molecule has 0 N–H and O–H groups in total. The first-order valence-electron chi connectivity index (χ1n) is 8.34. The van der Waals surface area contributed by atoms with Crippen molar-refractivity contribution in [2.24, 2.45) is 0 Å². The first-order valence-corrected chi connectivity index (χ1v) is 8.34. The highest BCUT2D eigenvalue weighted by Gasteiger charge is 2.16. The van der Waals surface area contributed by atoms with Gasteiger partial charge in [-0.3, -0.25) is 4.79 Å². The Morgan fingerprint density at radius 3 is 2.23 bits per heavy atom. The summed E-state index contributed by atoms with van der Waals surface area (Å²) in [5.41, 5.74) is 2.03. The minimum Gasteiger partial charge on any atom is -0.333 e. The summed E-state index contributed by atoms with van der Waals surface area (Å²) in [6.07, 6.45) is 2.91. The molecule has 0 unspecified atom stereocenters. The van der Waals surface area contributed by atoms with Crippen LogP contribution in [-0.2, 0) is 11.3 Å². The molecule has 3 heteroatoms. The zero-order valence-electron chi connectivity index (χ0n) is 14.5. The fourth-order valence-electron chi connectivity index (χ4n) is 2.50. The molecule has 0 aliphatic heterocycles. The Labute approximate surface area is 135 Å². The molecular formula is C19H30N2O. The van der Waals surface area contributed by atoms with E-state index < -0.39 is 0 Å². The number of allylic oxidation sites excluding steroid dienone is 1. The molecule has 1 aromatic rings. The molecule has 0 aliphatic carbocycles. The van der Waals surface area contributed by atoms with Crippen LogP contribution in [0.15, 0.2) is 42.0 Å². The van der Waals surface area contributed by atoms with Crippen LogP contribution in [0.3, 0.4) is 0 Å². The van der Waals surface area contributed by atoms with Gasteiger partial charge in [0, 0.05) is 25.2 Å². The van der Waals surface area contributed by atoms with Crippen LogP contribution in [0.2, 0.25) is 0 Å². The molecular weight excluding hydrogens is 272 g/mol. The molecule has 3 nitrogen and oxygen atoms in total. The number of nitrogens with zero attached hydrogens (tertiary/aromatic N) is 2. The van der Waals surface area contributed by atoms with Crippen molar-refractivity contribution < 1.29 is 4.79 Å². The summed E-state index contributed by atoms with van der Waals surface area (Å²) >= 11 is 0. The standard InChI is InChI=1S/C19H30N2O/c1-5-11-17(4)19(22)21(15-14-20(6-2)7-3)16-18-12-9-8-10-13-18/h8-13H,5-7,14-16H2,1-4H3/b17-11-. The van der Waals surface area contributed by atoms with Gasteiger partial charge in [0.25, 0.3) is 0 Å². The summed E-state index contributed by atoms with van der Waals surface area (Å²) in [5.74, 6) is 0.151. The average Bonchev–Trinajstić information content (AvgIpc) is 2.55. The van der Waals surface area contributed by atoms with Crippen molar-refractivity contribution in [1.29, 1.82) is 0 Å². The Balaban J connectivity index is 2.80. The number of carbonyl (C=O) groups is 1. The van der Waals surface area contributed by atoms with Gasteiger partial charge in [-0.05, 0) is 32.0 Å². The number of hydrogen-bond donors (Lipinski definition) is 0. The van der Waals surface area contributed by atoms with Gasteiger partial charge in [-0.2, -0.15) is 0 Å². The summed E-state index contributed by atoms with van der Waals surface area (Å²) in [6, 6.07) is 10.2. The highest BCUT2D eigenvalue weighted by Crippen LogP contribution is 2.09. The predicted octanol–water partition coefficient (Wildman–Crippen LogP) is 3.71. The molecule has 0 saturated carbocycles. The van der Waals surface area contributed by atoms with Crippen LogP contribution in [0.4, 0.5) is 0 Å². The van der Waals surface area contributed by atoms with Crippen molar-refractivity contribution >= 4 is 5.91 Å². The van der Waals surface area contributed by atoms with Gasteiger partial charge in [-0.1, -0.05) is 57.2 Å². The fourth-order valence-corrected chi connectivity index (χ4v) is 2.50. The highest BCUT2D eigenvalue weighted by atomic mass is 16.2. The molecule has 122 valence electrons. The molecule has 0 spiro atoms. The van der Waals surface area contributed by atoms with Gasteiger partial charge in [-0.15, -0.1) is 0 Å². The van der Waals surface area contributed by atoms with E-state index in [2.05, 4.69) is 37.8 Å². The van der Waals surface area contributed by atoms with E-state index >= 15 is 0 Å². The quantitative estimate of drug-likeness (QED) is 0.649. The lowest BCUT2D eigenvalue weighted by molar-refractivity contribution is -0.127. The molecule has 0 aliphatic rings. The monoisotopic (exact) mass is 302 g/mol. The summed E-state index contributed by atoms with van der Waals surface area (Å²) in [4.78, 5) is 17.0. The van der Waals surface area contributed by atoms with Gasteiger partial charge < -0.3 is 9.80 Å². The van der Waals surface area contributed by atoms with Crippen molar-refractivity contribution in [3.8, 4) is 0 Å². The summed E-state index contributed by atoms with van der Waals surface area (Å²) in [7, 11) is 0. The number of likely N-dealkylation sites (N-methyl/N-ethyl adjacent to an activating group) is 1. The second kappa shape index (κ2) is 10.2. The van der Waals surface area contributed by atoms with Crippen LogP contribution < -0.4 is 0 Å². The average molecular weight is 302 g/mol. The maximum atomic E-state index is 12.7. The number of amides is 1. The topological polar surface area (TPSA) is 23.6 Å². The van der Waals surface area contributed by atoms with E-state index in [0.717, 1.165) is 38.2 Å². The van der Waals surface area contributed by atoms with Crippen LogP contribution in [0.1, 0.15) is 39.7 Å². The van der Waals surface area contributed by atoms with E-state index in [4.69, 9.17) is 0 Å². The molecule has 0 fully saturated rings. The lowest BCUT2D eigenvalue weighted by Gasteiger charge is -2.27. The predicted molar refractivity (Wildman–Crippen MR) is 93.7 cm³/mol. The van der Waals surface area contributed by atoms with Crippen LogP contribution in [0, 0.1) is 0 Å². The summed E-state index contributed by atoms with van der Waals surface area (Å²) in [5, 5.41) is 0. The first-order chi connectivity index (χ1) is 10.6. The lowest BCUT2D eigenvalue weighted by atomic mass is 10.1. The SMILES string of the molecule is CC/C=C(/C)C(=O)N(CCN(CC)CC)Cc1ccccc1. The van der Waals surface area contributed by atoms with Crippen LogP contribution in [0.5, 0.6) is 0 Å². The Bertz CT molecular complexity index is 464. The molecule has 0 saturated heterocycles. The largest absolute Gasteiger partial charge is 0.333 e. The first kappa shape index (κ1) is 18.4. The molecule has 0 atom stereocenters. The van der Waals surface area contributed by atoms with Crippen LogP contribution in [-0.4, -0.2) is 41.9 Å². The lowest BCUT2D eigenvalue weighted by Crippen LogP contribution is -2.38. The Morgan fingerprint density at radius 2 is 1.68 bits per heavy atom. The zero-order chi connectivity index (χ0) is 16.4. The van der Waals surface area contributed by atoms with Crippen molar-refractivity contribution in [3.63, 3.8) is 0 Å². The maximum Gasteiger partial charge on any atom is 0.249 e. The highest BCUT2D eigenvalue weighted by molar-refractivity contribution is 5.92. The molecule has 0 aromatic heterocycles. The van der Waals surface area contributed by atoms with Gasteiger partial charge in [-0.25, -0.2) is 0 Å². The molecule has 1 aromatic carbocycles. The van der Waals surface area contributed by atoms with E-state index in [0.29, 0.717) is 6.54 Å². The van der Waals surface area contributed by atoms with Gasteiger partial charge in [0.1, 0.15) is 0 Å². The summed E-state index contributed by atoms with van der Waals surface area (Å²) < 4.78 is 0. The minimum absolute atomic E-state index is 0.151. The Hall–Kier alpha value is -1.61. The van der Waals surface area contributed by atoms with Gasteiger partial charge in [0.05, 0.1) is 0 Å². The molecule has 1 rings (SSSR count). The molecule has 0 bridgehead atoms. The third-order valence-electron chi connectivity index (χ3n) is 3.93. The second-order valence-corrected chi connectivity index (χ2v) is 5.53. The zero-order valence-corrected chi connectivity index (χ0v) is 14.5. The number of rotatable bonds is 9. The smallest absolute Gasteiger partial charge is 0.249 e. The minimum atomic E-state index is 0.151. The fraction of sp³-hybridized carbons (Fsp3) is 0.526. The molecule has 22 heavy (non-hydrogen) atoms. The second-order valence-electron chi connectivity index (χ2n) is 5.53. The van der Waals surface area contributed by atoms with Crippen molar-refractivity contribution in [2.45, 2.75) is 40.7 Å². The Kier molecular flexibility index (Phi) is 8.53. The number of benzene rings is 1. The van der Waals surface area contributed by atoms with E-state index in [-0.39, 0.29) is 5.91 Å².